The second kappa shape index (κ2) is 7.24. The molecular formula is C15H23FN2O. The summed E-state index contributed by atoms with van der Waals surface area (Å²) in [6.45, 7) is 6.95. The van der Waals surface area contributed by atoms with Crippen LogP contribution in [0.3, 0.4) is 0 Å². The van der Waals surface area contributed by atoms with Gasteiger partial charge in [0.05, 0.1) is 5.92 Å². The smallest absolute Gasteiger partial charge is 0.231 e. The third-order valence-electron chi connectivity index (χ3n) is 3.11. The van der Waals surface area contributed by atoms with E-state index in [9.17, 15) is 9.18 Å². The first-order valence-electron chi connectivity index (χ1n) is 6.76. The average molecular weight is 266 g/mol. The molecule has 0 aliphatic rings. The fraction of sp³-hybridized carbons (Fsp3) is 0.533. The monoisotopic (exact) mass is 266 g/mol. The Hall–Kier alpha value is -1.42. The van der Waals surface area contributed by atoms with Crippen molar-refractivity contribution in [1.82, 2.24) is 0 Å². The first-order valence-corrected chi connectivity index (χ1v) is 6.76. The van der Waals surface area contributed by atoms with E-state index in [1.165, 1.54) is 12.1 Å². The van der Waals surface area contributed by atoms with Crippen LogP contribution in [0.25, 0.3) is 0 Å². The summed E-state index contributed by atoms with van der Waals surface area (Å²) in [5.41, 5.74) is 6.43. The lowest BCUT2D eigenvalue weighted by Gasteiger charge is -2.26. The van der Waals surface area contributed by atoms with Gasteiger partial charge in [-0.15, -0.1) is 0 Å². The van der Waals surface area contributed by atoms with E-state index in [0.717, 1.165) is 12.1 Å². The maximum Gasteiger partial charge on any atom is 0.231 e. The van der Waals surface area contributed by atoms with Crippen LogP contribution in [0.15, 0.2) is 24.3 Å². The third-order valence-corrected chi connectivity index (χ3v) is 3.11. The highest BCUT2D eigenvalue weighted by Gasteiger charge is 2.24. The SMILES string of the molecule is CCN(C(=O)C(CN)CC(C)C)c1ccc(F)cc1. The second-order valence-corrected chi connectivity index (χ2v) is 5.12. The predicted molar refractivity (Wildman–Crippen MR) is 76.4 cm³/mol. The largest absolute Gasteiger partial charge is 0.330 e. The van der Waals surface area contributed by atoms with Crippen LogP contribution in [-0.2, 0) is 4.79 Å². The minimum absolute atomic E-state index is 0.0188. The number of rotatable bonds is 6. The van der Waals surface area contributed by atoms with E-state index >= 15 is 0 Å². The summed E-state index contributed by atoms with van der Waals surface area (Å²) in [5.74, 6) is -0.0375. The molecule has 4 heteroatoms. The molecule has 0 saturated heterocycles. The standard InChI is InChI=1S/C15H23FN2O/c1-4-18(14-7-5-13(16)6-8-14)15(19)12(10-17)9-11(2)3/h5-8,11-12H,4,9-10,17H2,1-3H3. The molecule has 0 bridgehead atoms. The first kappa shape index (κ1) is 15.6. The van der Waals surface area contributed by atoms with Crippen LogP contribution in [0.5, 0.6) is 0 Å². The highest BCUT2D eigenvalue weighted by atomic mass is 19.1. The molecule has 0 spiro atoms. The molecule has 1 amide bonds. The van der Waals surface area contributed by atoms with Crippen LogP contribution in [-0.4, -0.2) is 19.0 Å². The summed E-state index contributed by atoms with van der Waals surface area (Å²) >= 11 is 0. The van der Waals surface area contributed by atoms with Gasteiger partial charge in [-0.05, 0) is 43.5 Å². The molecular weight excluding hydrogens is 243 g/mol. The van der Waals surface area contributed by atoms with Gasteiger partial charge in [0.1, 0.15) is 5.82 Å². The van der Waals surface area contributed by atoms with Gasteiger partial charge in [-0.2, -0.15) is 0 Å². The van der Waals surface area contributed by atoms with E-state index in [1.54, 1.807) is 17.0 Å². The number of anilines is 1. The molecule has 0 fully saturated rings. The summed E-state index contributed by atoms with van der Waals surface area (Å²) in [5, 5.41) is 0. The van der Waals surface area contributed by atoms with Crippen molar-refractivity contribution in [3.8, 4) is 0 Å². The molecule has 0 heterocycles. The number of nitrogens with two attached hydrogens (primary N) is 1. The average Bonchev–Trinajstić information content (AvgIpc) is 2.38. The van der Waals surface area contributed by atoms with Crippen LogP contribution in [0.1, 0.15) is 27.2 Å². The van der Waals surface area contributed by atoms with Crippen LogP contribution < -0.4 is 10.6 Å². The number of halogens is 1. The summed E-state index contributed by atoms with van der Waals surface area (Å²) in [6, 6.07) is 5.98. The summed E-state index contributed by atoms with van der Waals surface area (Å²) in [4.78, 5) is 14.1. The zero-order chi connectivity index (χ0) is 14.4. The van der Waals surface area contributed by atoms with Gasteiger partial charge in [0, 0.05) is 18.8 Å². The second-order valence-electron chi connectivity index (χ2n) is 5.12. The number of hydrogen-bond acceptors (Lipinski definition) is 2. The number of hydrogen-bond donors (Lipinski definition) is 1. The third kappa shape index (κ3) is 4.31. The maximum atomic E-state index is 12.9. The molecule has 1 rings (SSSR count). The molecule has 1 aromatic carbocycles. The molecule has 0 saturated carbocycles. The van der Waals surface area contributed by atoms with Gasteiger partial charge in [0.2, 0.25) is 5.91 Å². The lowest BCUT2D eigenvalue weighted by Crippen LogP contribution is -2.39. The Morgan fingerprint density at radius 3 is 2.32 bits per heavy atom. The van der Waals surface area contributed by atoms with E-state index in [1.807, 2.05) is 6.92 Å². The van der Waals surface area contributed by atoms with Gasteiger partial charge >= 0.3 is 0 Å². The van der Waals surface area contributed by atoms with Gasteiger partial charge in [0.25, 0.3) is 0 Å². The molecule has 0 aromatic heterocycles. The van der Waals surface area contributed by atoms with E-state index in [-0.39, 0.29) is 17.6 Å². The van der Waals surface area contributed by atoms with E-state index < -0.39 is 0 Å². The van der Waals surface area contributed by atoms with Crippen LogP contribution in [0, 0.1) is 17.7 Å². The Labute approximate surface area is 114 Å². The van der Waals surface area contributed by atoms with Gasteiger partial charge < -0.3 is 10.6 Å². The molecule has 0 aliphatic heterocycles. The van der Waals surface area contributed by atoms with Crippen molar-refractivity contribution in [2.24, 2.45) is 17.6 Å². The summed E-state index contributed by atoms with van der Waals surface area (Å²) in [7, 11) is 0. The number of nitrogens with zero attached hydrogens (tertiary/aromatic N) is 1. The highest BCUT2D eigenvalue weighted by molar-refractivity contribution is 5.95. The van der Waals surface area contributed by atoms with Crippen molar-refractivity contribution in [1.29, 1.82) is 0 Å². The number of carbonyl (C=O) groups is 1. The molecule has 1 unspecified atom stereocenters. The van der Waals surface area contributed by atoms with Crippen molar-refractivity contribution in [3.05, 3.63) is 30.1 Å². The quantitative estimate of drug-likeness (QED) is 0.860. The topological polar surface area (TPSA) is 46.3 Å². The van der Waals surface area contributed by atoms with Crippen LogP contribution >= 0.6 is 0 Å². The molecule has 106 valence electrons. The maximum absolute atomic E-state index is 12.9. The number of benzene rings is 1. The van der Waals surface area contributed by atoms with Crippen molar-refractivity contribution in [2.75, 3.05) is 18.0 Å². The van der Waals surface area contributed by atoms with Crippen LogP contribution in [0.2, 0.25) is 0 Å². The van der Waals surface area contributed by atoms with Gasteiger partial charge in [-0.3, -0.25) is 4.79 Å². The Morgan fingerprint density at radius 2 is 1.89 bits per heavy atom. The molecule has 0 radical (unpaired) electrons. The molecule has 1 aromatic rings. The zero-order valence-electron chi connectivity index (χ0n) is 11.9. The molecule has 3 nitrogen and oxygen atoms in total. The lowest BCUT2D eigenvalue weighted by atomic mass is 9.95. The van der Waals surface area contributed by atoms with Crippen LogP contribution in [0.4, 0.5) is 10.1 Å². The van der Waals surface area contributed by atoms with Gasteiger partial charge in [-0.25, -0.2) is 4.39 Å². The van der Waals surface area contributed by atoms with Crippen molar-refractivity contribution >= 4 is 11.6 Å². The van der Waals surface area contributed by atoms with Crippen molar-refractivity contribution in [2.45, 2.75) is 27.2 Å². The van der Waals surface area contributed by atoms with E-state index in [4.69, 9.17) is 5.73 Å². The van der Waals surface area contributed by atoms with E-state index in [2.05, 4.69) is 13.8 Å². The van der Waals surface area contributed by atoms with E-state index in [0.29, 0.717) is 19.0 Å². The fourth-order valence-electron chi connectivity index (χ4n) is 2.17. The number of amides is 1. The Morgan fingerprint density at radius 1 is 1.32 bits per heavy atom. The Kier molecular flexibility index (Phi) is 5.96. The molecule has 1 atom stereocenters. The lowest BCUT2D eigenvalue weighted by molar-refractivity contribution is -0.122. The highest BCUT2D eigenvalue weighted by Crippen LogP contribution is 2.20. The minimum atomic E-state index is -0.301. The summed E-state index contributed by atoms with van der Waals surface area (Å²) in [6.07, 6.45) is 0.771. The normalized spacial score (nSPS) is 12.5. The zero-order valence-corrected chi connectivity index (χ0v) is 11.9. The fourth-order valence-corrected chi connectivity index (χ4v) is 2.17. The Balaban J connectivity index is 2.89. The Bertz CT molecular complexity index is 403. The number of carbonyl (C=O) groups excluding carboxylic acids is 1. The van der Waals surface area contributed by atoms with Gasteiger partial charge in [-0.1, -0.05) is 13.8 Å². The molecule has 0 aliphatic carbocycles. The summed E-state index contributed by atoms with van der Waals surface area (Å²) < 4.78 is 12.9. The molecule has 2 N–H and O–H groups in total. The predicted octanol–water partition coefficient (Wildman–Crippen LogP) is 2.80. The minimum Gasteiger partial charge on any atom is -0.330 e. The van der Waals surface area contributed by atoms with Crippen molar-refractivity contribution < 1.29 is 9.18 Å². The van der Waals surface area contributed by atoms with Gasteiger partial charge in [0.15, 0.2) is 0 Å². The molecule has 19 heavy (non-hydrogen) atoms. The van der Waals surface area contributed by atoms with Crippen molar-refractivity contribution in [3.63, 3.8) is 0 Å². The first-order chi connectivity index (χ1) is 8.99.